The number of aliphatic imine (C=N–C) groups is 1. The summed E-state index contributed by atoms with van der Waals surface area (Å²) in [5, 5.41) is 19.2. The van der Waals surface area contributed by atoms with Gasteiger partial charge in [0.15, 0.2) is 5.96 Å². The van der Waals surface area contributed by atoms with Gasteiger partial charge in [-0.05, 0) is 25.3 Å². The minimum absolute atomic E-state index is 0.00211. The molecule has 2 aromatic rings. The molecule has 0 radical (unpaired) electrons. The number of aliphatic carboxylic acids is 1. The fourth-order valence-corrected chi connectivity index (χ4v) is 4.17. The molecule has 2 rings (SSSR count). The summed E-state index contributed by atoms with van der Waals surface area (Å²) in [7, 11) is 0. The fraction of sp³-hybridized carbons (Fsp3) is 0.429. The van der Waals surface area contributed by atoms with Crippen molar-refractivity contribution in [3.8, 4) is 0 Å². The summed E-state index contributed by atoms with van der Waals surface area (Å²) < 4.78 is 0. The van der Waals surface area contributed by atoms with E-state index in [0.29, 0.717) is 11.3 Å². The smallest absolute Gasteiger partial charge is 0.305 e. The number of nitrogens with two attached hydrogens (primary N) is 4. The van der Waals surface area contributed by atoms with E-state index in [-0.39, 0.29) is 38.2 Å². The molecule has 5 atom stereocenters. The first kappa shape index (κ1) is 36.7. The summed E-state index contributed by atoms with van der Waals surface area (Å²) in [5.41, 5.74) is 22.9. The van der Waals surface area contributed by atoms with E-state index in [2.05, 4.69) is 36.2 Å². The molecule has 0 aliphatic carbocycles. The summed E-state index contributed by atoms with van der Waals surface area (Å²) >= 11 is 0. The number of hydrogen-bond acceptors (Lipinski definition) is 9. The first-order valence-electron chi connectivity index (χ1n) is 14.3. The van der Waals surface area contributed by atoms with Crippen LogP contribution in [0.2, 0.25) is 0 Å². The highest BCUT2D eigenvalue weighted by atomic mass is 16.4. The molecule has 250 valence electrons. The Morgan fingerprint density at radius 3 is 1.96 bits per heavy atom. The maximum absolute atomic E-state index is 13.7. The van der Waals surface area contributed by atoms with Crippen LogP contribution in [0.1, 0.15) is 37.4 Å². The maximum Gasteiger partial charge on any atom is 0.305 e. The van der Waals surface area contributed by atoms with E-state index in [1.807, 2.05) is 0 Å². The molecule has 1 aromatic carbocycles. The molecule has 0 fully saturated rings. The second-order valence-corrected chi connectivity index (χ2v) is 10.5. The second kappa shape index (κ2) is 18.3. The Hall–Kier alpha value is -5.52. The Labute approximate surface area is 264 Å². The lowest BCUT2D eigenvalue weighted by Gasteiger charge is -2.26. The summed E-state index contributed by atoms with van der Waals surface area (Å²) in [6.07, 6.45) is 2.24. The van der Waals surface area contributed by atoms with Gasteiger partial charge >= 0.3 is 5.97 Å². The highest BCUT2D eigenvalue weighted by Gasteiger charge is 2.32. The number of imidazole rings is 1. The van der Waals surface area contributed by atoms with Crippen LogP contribution in [-0.4, -0.2) is 93.3 Å². The number of nitrogens with zero attached hydrogens (tertiary/aromatic N) is 2. The van der Waals surface area contributed by atoms with Gasteiger partial charge in [-0.25, -0.2) is 4.98 Å². The number of hydrogen-bond donors (Lipinski definition) is 10. The van der Waals surface area contributed by atoms with E-state index in [9.17, 15) is 28.8 Å². The van der Waals surface area contributed by atoms with Crippen LogP contribution in [0.15, 0.2) is 47.8 Å². The third-order valence-corrected chi connectivity index (χ3v) is 6.56. The van der Waals surface area contributed by atoms with Gasteiger partial charge in [0.05, 0.1) is 18.8 Å². The molecule has 18 nitrogen and oxygen atoms in total. The van der Waals surface area contributed by atoms with Gasteiger partial charge in [0.25, 0.3) is 0 Å². The van der Waals surface area contributed by atoms with Gasteiger partial charge in [0.2, 0.25) is 29.5 Å². The molecule has 0 spiro atoms. The fourth-order valence-electron chi connectivity index (χ4n) is 4.17. The predicted molar refractivity (Wildman–Crippen MR) is 165 cm³/mol. The summed E-state index contributed by atoms with van der Waals surface area (Å²) in [4.78, 5) is 86.5. The Bertz CT molecular complexity index is 1360. The van der Waals surface area contributed by atoms with Crippen LogP contribution in [0.5, 0.6) is 0 Å². The Kier molecular flexibility index (Phi) is 14.6. The first-order chi connectivity index (χ1) is 21.8. The number of rotatable bonds is 19. The number of guanidine groups is 1. The number of carboxylic acids is 1. The number of aromatic amines is 1. The predicted octanol–water partition coefficient (Wildman–Crippen LogP) is -3.51. The van der Waals surface area contributed by atoms with Gasteiger partial charge in [-0.1, -0.05) is 30.3 Å². The first-order valence-corrected chi connectivity index (χ1v) is 14.3. The highest BCUT2D eigenvalue weighted by molar-refractivity contribution is 5.96. The zero-order chi connectivity index (χ0) is 34.2. The number of benzene rings is 1. The van der Waals surface area contributed by atoms with Crippen LogP contribution < -0.4 is 44.2 Å². The molecular formula is C28H41N11O7. The number of aromatic nitrogens is 2. The molecule has 0 unspecified atom stereocenters. The minimum Gasteiger partial charge on any atom is -0.481 e. The van der Waals surface area contributed by atoms with Crippen LogP contribution in [-0.2, 0) is 41.6 Å². The molecule has 0 saturated heterocycles. The Morgan fingerprint density at radius 2 is 1.41 bits per heavy atom. The summed E-state index contributed by atoms with van der Waals surface area (Å²) in [6.45, 7) is 1.54. The molecule has 0 saturated carbocycles. The Balaban J connectivity index is 2.35. The molecule has 0 bridgehead atoms. The number of carboxylic acid groups (broad SMARTS) is 1. The molecule has 0 aliphatic heterocycles. The lowest BCUT2D eigenvalue weighted by atomic mass is 10.0. The molecule has 1 heterocycles. The van der Waals surface area contributed by atoms with Crippen LogP contribution in [0.3, 0.4) is 0 Å². The third kappa shape index (κ3) is 13.0. The molecular weight excluding hydrogens is 602 g/mol. The lowest BCUT2D eigenvalue weighted by Crippen LogP contribution is -2.59. The van der Waals surface area contributed by atoms with Gasteiger partial charge < -0.3 is 54.3 Å². The van der Waals surface area contributed by atoms with Crippen molar-refractivity contribution in [2.24, 2.45) is 27.9 Å². The highest BCUT2D eigenvalue weighted by Crippen LogP contribution is 2.08. The maximum atomic E-state index is 13.7. The van der Waals surface area contributed by atoms with Crippen molar-refractivity contribution in [1.82, 2.24) is 31.2 Å². The van der Waals surface area contributed by atoms with Crippen LogP contribution in [0, 0.1) is 0 Å². The van der Waals surface area contributed by atoms with Gasteiger partial charge in [0.1, 0.15) is 24.2 Å². The number of H-pyrrole nitrogens is 1. The lowest BCUT2D eigenvalue weighted by molar-refractivity contribution is -0.140. The average molecular weight is 644 g/mol. The van der Waals surface area contributed by atoms with E-state index in [1.165, 1.54) is 19.4 Å². The van der Waals surface area contributed by atoms with Crippen molar-refractivity contribution < 1.29 is 33.9 Å². The molecule has 5 amide bonds. The van der Waals surface area contributed by atoms with Gasteiger partial charge in [-0.3, -0.25) is 33.8 Å². The van der Waals surface area contributed by atoms with E-state index >= 15 is 0 Å². The zero-order valence-corrected chi connectivity index (χ0v) is 25.3. The van der Waals surface area contributed by atoms with Gasteiger partial charge in [-0.15, -0.1) is 0 Å². The van der Waals surface area contributed by atoms with E-state index < -0.39 is 72.1 Å². The number of carbonyl (C=O) groups excluding carboxylic acids is 5. The number of primary amides is 1. The molecule has 46 heavy (non-hydrogen) atoms. The normalized spacial score (nSPS) is 14.0. The van der Waals surface area contributed by atoms with Crippen molar-refractivity contribution in [3.63, 3.8) is 0 Å². The molecule has 14 N–H and O–H groups in total. The SMILES string of the molecule is C[C@H](N)C(=O)N[C@@H](Cc1cnc[nH]1)C(=O)N[C@@H](Cc1ccccc1)C(=O)N[C@@H](CCCN=C(N)N)C(=O)N[C@@H](CC(=O)O)C(N)=O. The van der Waals surface area contributed by atoms with Crippen LogP contribution in [0.4, 0.5) is 0 Å². The van der Waals surface area contributed by atoms with E-state index in [4.69, 9.17) is 28.0 Å². The Morgan fingerprint density at radius 1 is 0.848 bits per heavy atom. The van der Waals surface area contributed by atoms with Crippen molar-refractivity contribution in [2.75, 3.05) is 6.54 Å². The topological polar surface area (TPSA) is 316 Å². The monoisotopic (exact) mass is 643 g/mol. The third-order valence-electron chi connectivity index (χ3n) is 6.56. The summed E-state index contributed by atoms with van der Waals surface area (Å²) in [5.74, 6) is -5.67. The molecule has 0 aliphatic rings. The molecule has 18 heteroatoms. The van der Waals surface area contributed by atoms with Gasteiger partial charge in [0, 0.05) is 31.3 Å². The number of carbonyl (C=O) groups is 6. The minimum atomic E-state index is -1.56. The number of amides is 5. The van der Waals surface area contributed by atoms with Gasteiger partial charge in [-0.2, -0.15) is 0 Å². The van der Waals surface area contributed by atoms with Crippen LogP contribution >= 0.6 is 0 Å². The van der Waals surface area contributed by atoms with E-state index in [1.54, 1.807) is 30.3 Å². The van der Waals surface area contributed by atoms with Crippen molar-refractivity contribution in [2.45, 2.75) is 69.2 Å². The second-order valence-electron chi connectivity index (χ2n) is 10.5. The summed E-state index contributed by atoms with van der Waals surface area (Å²) in [6, 6.07) is 2.50. The standard InChI is InChI=1S/C28H41N11O7/c1-15(29)24(43)38-21(11-17-13-33-14-35-17)27(46)39-20(10-16-6-3-2-4-7-16)26(45)36-18(8-5-9-34-28(31)32)25(44)37-19(23(30)42)12-22(40)41/h2-4,6-7,13-15,18-21H,5,8-12,29H2,1H3,(H2,30,42)(H,33,35)(H,36,45)(H,37,44)(H,38,43)(H,39,46)(H,40,41)(H4,31,32,34)/t15-,18-,19-,20-,21-/m0/s1. The largest absolute Gasteiger partial charge is 0.481 e. The van der Waals surface area contributed by atoms with Crippen molar-refractivity contribution >= 4 is 41.5 Å². The average Bonchev–Trinajstić information content (AvgIpc) is 3.50. The van der Waals surface area contributed by atoms with Crippen molar-refractivity contribution in [3.05, 3.63) is 54.1 Å². The van der Waals surface area contributed by atoms with Crippen molar-refractivity contribution in [1.29, 1.82) is 0 Å². The quantitative estimate of drug-likeness (QED) is 0.0406. The zero-order valence-electron chi connectivity index (χ0n) is 25.3. The van der Waals surface area contributed by atoms with Crippen LogP contribution in [0.25, 0.3) is 0 Å². The van der Waals surface area contributed by atoms with E-state index in [0.717, 1.165) is 0 Å². The number of nitrogens with one attached hydrogen (secondary N) is 5. The molecule has 1 aromatic heterocycles.